The van der Waals surface area contributed by atoms with Crippen LogP contribution in [0.4, 0.5) is 5.69 Å². The van der Waals surface area contributed by atoms with E-state index in [1.54, 1.807) is 6.20 Å². The minimum atomic E-state index is -1.59. The van der Waals surface area contributed by atoms with Crippen molar-refractivity contribution < 1.29 is 20.1 Å². The van der Waals surface area contributed by atoms with Crippen molar-refractivity contribution in [2.24, 2.45) is 0 Å². The number of rotatable bonds is 2. The van der Waals surface area contributed by atoms with Gasteiger partial charge in [-0.3, -0.25) is 15.2 Å². The molecule has 1 fully saturated rings. The van der Waals surface area contributed by atoms with Crippen LogP contribution in [0, 0.1) is 0 Å². The molecule has 128 valence electrons. The highest BCUT2D eigenvalue weighted by Crippen LogP contribution is 2.41. The summed E-state index contributed by atoms with van der Waals surface area (Å²) in [4.78, 5) is 11.9. The van der Waals surface area contributed by atoms with Crippen LogP contribution in [0.25, 0.3) is 5.57 Å². The van der Waals surface area contributed by atoms with Crippen molar-refractivity contribution in [3.8, 4) is 0 Å². The van der Waals surface area contributed by atoms with Crippen molar-refractivity contribution in [2.75, 3.05) is 12.0 Å². The van der Waals surface area contributed by atoms with Gasteiger partial charge in [-0.05, 0) is 25.3 Å². The highest BCUT2D eigenvalue weighted by Gasteiger charge is 2.54. The molecule has 0 spiro atoms. The number of aliphatic hydroxyl groups is 3. The molecule has 3 aliphatic rings. The molecule has 0 bridgehead atoms. The van der Waals surface area contributed by atoms with Crippen LogP contribution in [0.15, 0.2) is 17.2 Å². The molecule has 1 aromatic heterocycles. The van der Waals surface area contributed by atoms with Gasteiger partial charge < -0.3 is 20.1 Å². The third kappa shape index (κ3) is 2.06. The number of allylic oxidation sites excluding steroid dienone is 1. The van der Waals surface area contributed by atoms with E-state index in [0.29, 0.717) is 24.1 Å². The van der Waals surface area contributed by atoms with E-state index < -0.39 is 30.6 Å². The maximum absolute atomic E-state index is 11.9. The molecule has 4 rings (SSSR count). The lowest BCUT2D eigenvalue weighted by Gasteiger charge is -2.37. The molecule has 4 N–H and O–H groups in total. The zero-order valence-electron chi connectivity index (χ0n) is 13.0. The summed E-state index contributed by atoms with van der Waals surface area (Å²) < 4.78 is 5.62. The van der Waals surface area contributed by atoms with Gasteiger partial charge in [0.1, 0.15) is 17.8 Å². The number of nitrogens with one attached hydrogen (secondary N) is 1. The number of anilines is 1. The number of aliphatic hydroxyl groups excluding tert-OH is 2. The highest BCUT2D eigenvalue weighted by molar-refractivity contribution is 5.82. The molecule has 0 aromatic carbocycles. The Hall–Kier alpha value is -2.07. The van der Waals surface area contributed by atoms with Crippen LogP contribution >= 0.6 is 0 Å². The van der Waals surface area contributed by atoms with Crippen LogP contribution in [-0.4, -0.2) is 61.2 Å². The van der Waals surface area contributed by atoms with Crippen molar-refractivity contribution in [3.63, 3.8) is 0 Å². The first kappa shape index (κ1) is 15.5. The summed E-state index contributed by atoms with van der Waals surface area (Å²) in [5.74, 6) is 0. The van der Waals surface area contributed by atoms with Gasteiger partial charge in [0.25, 0.3) is 5.56 Å². The first-order chi connectivity index (χ1) is 11.4. The van der Waals surface area contributed by atoms with Crippen LogP contribution in [0.2, 0.25) is 0 Å². The standard InChI is InChI=1S/C15H18N4O5/c1-15(23)12(21)10(6-20)24-14(15)19-5-7-2-3-8-11(7)9(18-19)4-16-17-13(8)22/h4-5,10,12,14,18,20-21,23H,2-3,6H2,1H3/t10-,12-,14-,15-/m1/s1. The molecular weight excluding hydrogens is 316 g/mol. The zero-order chi connectivity index (χ0) is 17.1. The fraction of sp³-hybridized carbons (Fsp3) is 0.533. The van der Waals surface area contributed by atoms with E-state index in [9.17, 15) is 20.1 Å². The predicted octanol–water partition coefficient (Wildman–Crippen LogP) is -1.40. The normalized spacial score (nSPS) is 33.9. The maximum Gasteiger partial charge on any atom is 0.292 e. The second-order valence-corrected chi connectivity index (χ2v) is 6.47. The van der Waals surface area contributed by atoms with Gasteiger partial charge in [0.05, 0.1) is 18.5 Å². The van der Waals surface area contributed by atoms with Gasteiger partial charge >= 0.3 is 0 Å². The largest absolute Gasteiger partial charge is 0.394 e. The summed E-state index contributed by atoms with van der Waals surface area (Å²) in [6, 6.07) is 0. The number of hydrazine groups is 1. The Bertz CT molecular complexity index is 781. The van der Waals surface area contributed by atoms with E-state index in [1.807, 2.05) is 0 Å². The van der Waals surface area contributed by atoms with Crippen LogP contribution in [0.3, 0.4) is 0 Å². The Balaban J connectivity index is 1.75. The molecular formula is C15H18N4O5. The van der Waals surface area contributed by atoms with E-state index in [4.69, 9.17) is 4.74 Å². The van der Waals surface area contributed by atoms with E-state index in [1.165, 1.54) is 18.1 Å². The molecule has 3 heterocycles. The van der Waals surface area contributed by atoms with Crippen molar-refractivity contribution in [2.45, 2.75) is 43.8 Å². The van der Waals surface area contributed by atoms with Crippen molar-refractivity contribution in [3.05, 3.63) is 33.9 Å². The summed E-state index contributed by atoms with van der Waals surface area (Å²) in [6.45, 7) is 1.05. The van der Waals surface area contributed by atoms with E-state index in [2.05, 4.69) is 15.6 Å². The average Bonchev–Trinajstić information content (AvgIpc) is 3.01. The first-order valence-electron chi connectivity index (χ1n) is 7.75. The summed E-state index contributed by atoms with van der Waals surface area (Å²) in [6.07, 6.45) is 1.43. The van der Waals surface area contributed by atoms with Crippen LogP contribution in [0.1, 0.15) is 24.5 Å². The molecule has 9 nitrogen and oxygen atoms in total. The van der Waals surface area contributed by atoms with Gasteiger partial charge in [-0.1, -0.05) is 0 Å². The van der Waals surface area contributed by atoms with Crippen LogP contribution in [0.5, 0.6) is 0 Å². The van der Waals surface area contributed by atoms with Gasteiger partial charge in [-0.25, -0.2) is 0 Å². The quantitative estimate of drug-likeness (QED) is 0.516. The fourth-order valence-corrected chi connectivity index (χ4v) is 3.59. The Labute approximate surface area is 137 Å². The summed E-state index contributed by atoms with van der Waals surface area (Å²) in [5, 5.41) is 39.0. The lowest BCUT2D eigenvalue weighted by Crippen LogP contribution is -2.53. The Morgan fingerprint density at radius 2 is 2.29 bits per heavy atom. The van der Waals surface area contributed by atoms with Gasteiger partial charge in [-0.2, -0.15) is 5.10 Å². The van der Waals surface area contributed by atoms with Crippen molar-refractivity contribution in [1.82, 2.24) is 15.2 Å². The molecule has 24 heavy (non-hydrogen) atoms. The molecule has 1 saturated heterocycles. The van der Waals surface area contributed by atoms with Gasteiger partial charge in [0, 0.05) is 17.3 Å². The second-order valence-electron chi connectivity index (χ2n) is 6.47. The Morgan fingerprint density at radius 1 is 1.50 bits per heavy atom. The molecule has 0 amide bonds. The third-order valence-corrected chi connectivity index (χ3v) is 4.86. The smallest absolute Gasteiger partial charge is 0.292 e. The molecule has 4 atom stereocenters. The molecule has 1 aliphatic carbocycles. The molecule has 1 aromatic rings. The molecule has 2 aliphatic heterocycles. The number of hydrogen-bond acceptors (Lipinski definition) is 9. The fourth-order valence-electron chi connectivity index (χ4n) is 3.59. The number of hydrogen-bond donors (Lipinski definition) is 4. The van der Waals surface area contributed by atoms with Crippen LogP contribution < -0.4 is 11.0 Å². The Kier molecular flexibility index (Phi) is 3.36. The Morgan fingerprint density at radius 3 is 3.00 bits per heavy atom. The number of aromatic nitrogens is 2. The highest BCUT2D eigenvalue weighted by atomic mass is 16.6. The van der Waals surface area contributed by atoms with E-state index in [-0.39, 0.29) is 5.56 Å². The van der Waals surface area contributed by atoms with Gasteiger partial charge in [0.15, 0.2) is 6.23 Å². The minimum absolute atomic E-state index is 0.338. The van der Waals surface area contributed by atoms with E-state index >= 15 is 0 Å². The van der Waals surface area contributed by atoms with Crippen molar-refractivity contribution in [1.29, 1.82) is 0 Å². The summed E-state index contributed by atoms with van der Waals surface area (Å²) in [7, 11) is 0. The summed E-state index contributed by atoms with van der Waals surface area (Å²) >= 11 is 0. The van der Waals surface area contributed by atoms with Gasteiger partial charge in [0.2, 0.25) is 0 Å². The summed E-state index contributed by atoms with van der Waals surface area (Å²) in [5.41, 5.74) is 4.04. The van der Waals surface area contributed by atoms with Gasteiger partial charge in [-0.15, -0.1) is 5.10 Å². The monoisotopic (exact) mass is 334 g/mol. The van der Waals surface area contributed by atoms with Crippen LogP contribution in [-0.2, 0) is 11.2 Å². The molecule has 0 saturated carbocycles. The number of nitrogens with zero attached hydrogens (tertiary/aromatic N) is 3. The molecule has 0 radical (unpaired) electrons. The molecule has 9 heteroatoms. The lowest BCUT2D eigenvalue weighted by molar-refractivity contribution is -0.113. The predicted molar refractivity (Wildman–Crippen MR) is 82.4 cm³/mol. The first-order valence-corrected chi connectivity index (χ1v) is 7.75. The maximum atomic E-state index is 11.9. The second kappa shape index (κ2) is 5.21. The SMILES string of the molecule is C[C@@]1(O)[C@H](O)[C@@H](CO)O[C@H]1N1C=C2CCc3c2c(cnnc3=O)N1. The zero-order valence-corrected chi connectivity index (χ0v) is 13.0. The molecule has 0 unspecified atom stereocenters. The minimum Gasteiger partial charge on any atom is -0.394 e. The average molecular weight is 334 g/mol. The van der Waals surface area contributed by atoms with Crippen molar-refractivity contribution >= 4 is 11.3 Å². The number of ether oxygens (including phenoxy) is 1. The third-order valence-electron chi connectivity index (χ3n) is 4.86. The van der Waals surface area contributed by atoms with E-state index in [0.717, 1.165) is 11.1 Å². The lowest BCUT2D eigenvalue weighted by atomic mass is 9.96. The topological polar surface area (TPSA) is 128 Å².